The Hall–Kier alpha value is -0.930. The van der Waals surface area contributed by atoms with Gasteiger partial charge in [0.25, 0.3) is 0 Å². The maximum Gasteiger partial charge on any atom is 0.126 e. The zero-order chi connectivity index (χ0) is 11.5. The third-order valence-electron chi connectivity index (χ3n) is 2.08. The quantitative estimate of drug-likeness (QED) is 0.408. The highest BCUT2D eigenvalue weighted by molar-refractivity contribution is 5.59. The van der Waals surface area contributed by atoms with Crippen LogP contribution in [0.1, 0.15) is 20.8 Å². The van der Waals surface area contributed by atoms with E-state index < -0.39 is 0 Å². The van der Waals surface area contributed by atoms with E-state index in [4.69, 9.17) is 9.94 Å². The summed E-state index contributed by atoms with van der Waals surface area (Å²) < 4.78 is 0. The molecular formula is C11H17NO3. The Bertz CT molecular complexity index is 297. The van der Waals surface area contributed by atoms with Crippen LogP contribution in [0.4, 0.5) is 0 Å². The van der Waals surface area contributed by atoms with Gasteiger partial charge in [0, 0.05) is 11.5 Å². The fourth-order valence-corrected chi connectivity index (χ4v) is 1.32. The first-order valence-corrected chi connectivity index (χ1v) is 4.95. The lowest BCUT2D eigenvalue weighted by Gasteiger charge is -2.22. The minimum Gasteiger partial charge on any atom is -0.395 e. The molecule has 1 aliphatic rings. The summed E-state index contributed by atoms with van der Waals surface area (Å²) in [5.41, 5.74) is 2.96. The first kappa shape index (κ1) is 12.1. The molecule has 15 heavy (non-hydrogen) atoms. The number of nitrogens with one attached hydrogen (secondary N) is 1. The summed E-state index contributed by atoms with van der Waals surface area (Å²) in [5.74, 6) is 1.62. The molecule has 0 bridgehead atoms. The van der Waals surface area contributed by atoms with E-state index in [9.17, 15) is 4.79 Å². The van der Waals surface area contributed by atoms with Crippen molar-refractivity contribution in [2.24, 2.45) is 5.92 Å². The Balaban J connectivity index is 2.58. The van der Waals surface area contributed by atoms with Crippen molar-refractivity contribution in [3.63, 3.8) is 0 Å². The van der Waals surface area contributed by atoms with Crippen LogP contribution in [0, 0.1) is 5.92 Å². The highest BCUT2D eigenvalue weighted by Crippen LogP contribution is 2.22. The molecule has 0 fully saturated rings. The van der Waals surface area contributed by atoms with Crippen molar-refractivity contribution in [2.75, 3.05) is 6.61 Å². The molecule has 1 aliphatic carbocycles. The maximum absolute atomic E-state index is 10.7. The molecule has 0 amide bonds. The highest BCUT2D eigenvalue weighted by Gasteiger charge is 2.27. The molecule has 0 aromatic heterocycles. The number of aliphatic hydroxyl groups excluding tert-OH is 1. The monoisotopic (exact) mass is 211 g/mol. The van der Waals surface area contributed by atoms with E-state index >= 15 is 0 Å². The first-order chi connectivity index (χ1) is 6.98. The molecule has 0 saturated carbocycles. The number of hydrogen-bond donors (Lipinski definition) is 2. The Morgan fingerprint density at radius 3 is 2.67 bits per heavy atom. The Morgan fingerprint density at radius 2 is 2.20 bits per heavy atom. The lowest BCUT2D eigenvalue weighted by molar-refractivity contribution is -0.0776. The molecule has 2 atom stereocenters. The van der Waals surface area contributed by atoms with Crippen LogP contribution in [0.2, 0.25) is 0 Å². The van der Waals surface area contributed by atoms with E-state index in [1.165, 1.54) is 0 Å². The standard InChI is InChI=1S/C11H17NO3/c1-11(2,3)15-12-10-5-4-8(6-13)9(10)7-14/h4-5,8,10,12-13H,6H2,1-3H3/t8-,10-/m1/s1. The van der Waals surface area contributed by atoms with Gasteiger partial charge in [-0.3, -0.25) is 4.84 Å². The van der Waals surface area contributed by atoms with Gasteiger partial charge in [-0.2, -0.15) is 5.48 Å². The van der Waals surface area contributed by atoms with Crippen molar-refractivity contribution in [1.82, 2.24) is 5.48 Å². The van der Waals surface area contributed by atoms with Gasteiger partial charge in [-0.1, -0.05) is 12.2 Å². The van der Waals surface area contributed by atoms with Gasteiger partial charge in [-0.05, 0) is 20.8 Å². The largest absolute Gasteiger partial charge is 0.395 e. The number of rotatable bonds is 3. The molecule has 0 aromatic carbocycles. The second-order valence-electron chi connectivity index (χ2n) is 4.54. The van der Waals surface area contributed by atoms with Crippen LogP contribution in [-0.2, 0) is 9.63 Å². The summed E-state index contributed by atoms with van der Waals surface area (Å²) in [6.45, 7) is 5.65. The molecule has 0 aliphatic heterocycles. The minimum atomic E-state index is -0.320. The van der Waals surface area contributed by atoms with Crippen molar-refractivity contribution in [3.8, 4) is 0 Å². The van der Waals surface area contributed by atoms with Crippen molar-refractivity contribution in [3.05, 3.63) is 17.7 Å². The fraction of sp³-hybridized carbons (Fsp3) is 0.636. The lowest BCUT2D eigenvalue weighted by Crippen LogP contribution is -2.36. The van der Waals surface area contributed by atoms with Crippen molar-refractivity contribution in [2.45, 2.75) is 32.4 Å². The van der Waals surface area contributed by atoms with Crippen molar-refractivity contribution >= 4 is 5.94 Å². The van der Waals surface area contributed by atoms with Crippen LogP contribution in [0.3, 0.4) is 0 Å². The molecule has 2 N–H and O–H groups in total. The van der Waals surface area contributed by atoms with Gasteiger partial charge >= 0.3 is 0 Å². The minimum absolute atomic E-state index is 0.0746. The predicted octanol–water partition coefficient (Wildman–Crippen LogP) is 0.611. The smallest absolute Gasteiger partial charge is 0.126 e. The van der Waals surface area contributed by atoms with Crippen LogP contribution in [0.25, 0.3) is 0 Å². The van der Waals surface area contributed by atoms with Gasteiger partial charge < -0.3 is 5.11 Å². The molecule has 4 nitrogen and oxygen atoms in total. The number of hydrogen-bond acceptors (Lipinski definition) is 4. The summed E-state index contributed by atoms with van der Waals surface area (Å²) in [6, 6.07) is -0.279. The molecule has 0 aromatic rings. The molecule has 4 heteroatoms. The summed E-state index contributed by atoms with van der Waals surface area (Å²) in [6.07, 6.45) is 3.58. The molecule has 0 heterocycles. The van der Waals surface area contributed by atoms with E-state index in [2.05, 4.69) is 5.48 Å². The van der Waals surface area contributed by atoms with Crippen LogP contribution < -0.4 is 5.48 Å². The molecule has 0 radical (unpaired) electrons. The Kier molecular flexibility index (Phi) is 3.83. The second kappa shape index (κ2) is 4.73. The molecule has 84 valence electrons. The summed E-state index contributed by atoms with van der Waals surface area (Å²) >= 11 is 0. The average molecular weight is 211 g/mol. The maximum atomic E-state index is 10.7. The molecule has 0 saturated heterocycles. The normalized spacial score (nSPS) is 25.7. The van der Waals surface area contributed by atoms with Crippen LogP contribution in [-0.4, -0.2) is 29.3 Å². The topological polar surface area (TPSA) is 58.6 Å². The van der Waals surface area contributed by atoms with Gasteiger partial charge in [-0.25, -0.2) is 4.79 Å². The van der Waals surface area contributed by atoms with E-state index in [1.54, 1.807) is 12.2 Å². The Morgan fingerprint density at radius 1 is 1.53 bits per heavy atom. The molecule has 0 unspecified atom stereocenters. The van der Waals surface area contributed by atoms with Crippen LogP contribution in [0.15, 0.2) is 17.7 Å². The van der Waals surface area contributed by atoms with Gasteiger partial charge in [-0.15, -0.1) is 0 Å². The van der Waals surface area contributed by atoms with E-state index in [0.717, 1.165) is 0 Å². The lowest BCUT2D eigenvalue weighted by atomic mass is 10.0. The number of carbonyl (C=O) groups excluding carboxylic acids is 1. The zero-order valence-corrected chi connectivity index (χ0v) is 9.28. The summed E-state index contributed by atoms with van der Waals surface area (Å²) in [4.78, 5) is 16.1. The van der Waals surface area contributed by atoms with E-state index in [1.807, 2.05) is 26.7 Å². The van der Waals surface area contributed by atoms with E-state index in [0.29, 0.717) is 5.57 Å². The van der Waals surface area contributed by atoms with Gasteiger partial charge in [0.05, 0.1) is 18.2 Å². The third-order valence-corrected chi connectivity index (χ3v) is 2.08. The average Bonchev–Trinajstić information content (AvgIpc) is 2.55. The zero-order valence-electron chi connectivity index (χ0n) is 9.28. The molecule has 1 rings (SSSR count). The summed E-state index contributed by atoms with van der Waals surface area (Å²) in [5, 5.41) is 8.99. The van der Waals surface area contributed by atoms with Gasteiger partial charge in [0.2, 0.25) is 0 Å². The van der Waals surface area contributed by atoms with Crippen molar-refractivity contribution < 1.29 is 14.7 Å². The highest BCUT2D eigenvalue weighted by atomic mass is 16.7. The number of hydroxylamine groups is 1. The third kappa shape index (κ3) is 3.29. The number of aliphatic hydroxyl groups is 1. The fourth-order valence-electron chi connectivity index (χ4n) is 1.32. The SMILES string of the molecule is CC(C)(C)ON[C@@H]1C=C[C@H](CO)C1=C=O. The van der Waals surface area contributed by atoms with E-state index in [-0.39, 0.29) is 24.2 Å². The second-order valence-corrected chi connectivity index (χ2v) is 4.54. The first-order valence-electron chi connectivity index (χ1n) is 4.95. The Labute approximate surface area is 89.6 Å². The van der Waals surface area contributed by atoms with Crippen LogP contribution in [0.5, 0.6) is 0 Å². The van der Waals surface area contributed by atoms with Crippen molar-refractivity contribution in [1.29, 1.82) is 0 Å². The van der Waals surface area contributed by atoms with Gasteiger partial charge in [0.1, 0.15) is 5.94 Å². The molecule has 0 spiro atoms. The molecular weight excluding hydrogens is 194 g/mol. The summed E-state index contributed by atoms with van der Waals surface area (Å²) in [7, 11) is 0. The van der Waals surface area contributed by atoms with Gasteiger partial charge in [0.15, 0.2) is 0 Å². The van der Waals surface area contributed by atoms with Crippen LogP contribution >= 0.6 is 0 Å². The predicted molar refractivity (Wildman–Crippen MR) is 56.7 cm³/mol.